The zero-order chi connectivity index (χ0) is 10.6. The maximum absolute atomic E-state index is 10.5. The maximum atomic E-state index is 10.5. The molecule has 0 aromatic rings. The van der Waals surface area contributed by atoms with Crippen LogP contribution in [0.1, 0.15) is 26.2 Å². The fourth-order valence-electron chi connectivity index (χ4n) is 2.08. The average Bonchev–Trinajstić information content (AvgIpc) is 2.10. The number of hydrogen-bond donors (Lipinski definition) is 2. The summed E-state index contributed by atoms with van der Waals surface area (Å²) in [6.45, 7) is 3.62. The molecular weight excluding hydrogens is 182 g/mol. The van der Waals surface area contributed by atoms with Gasteiger partial charge >= 0.3 is 5.97 Å². The van der Waals surface area contributed by atoms with Crippen LogP contribution in [0.4, 0.5) is 0 Å². The molecule has 0 saturated carbocycles. The van der Waals surface area contributed by atoms with Crippen molar-refractivity contribution in [3.05, 3.63) is 0 Å². The first-order valence-electron chi connectivity index (χ1n) is 5.25. The molecule has 0 amide bonds. The van der Waals surface area contributed by atoms with Crippen LogP contribution in [0.3, 0.4) is 0 Å². The Bertz CT molecular complexity index is 196. The molecule has 0 unspecified atom stereocenters. The van der Waals surface area contributed by atoms with E-state index >= 15 is 0 Å². The fourth-order valence-corrected chi connectivity index (χ4v) is 2.08. The molecule has 0 radical (unpaired) electrons. The monoisotopic (exact) mass is 201 g/mol. The van der Waals surface area contributed by atoms with Crippen LogP contribution in [0, 0.1) is 5.92 Å². The first-order valence-corrected chi connectivity index (χ1v) is 5.25. The van der Waals surface area contributed by atoms with Crippen molar-refractivity contribution in [2.75, 3.05) is 19.6 Å². The topological polar surface area (TPSA) is 60.8 Å². The lowest BCUT2D eigenvalue weighted by molar-refractivity contribution is -0.139. The van der Waals surface area contributed by atoms with Gasteiger partial charge in [-0.3, -0.25) is 9.69 Å². The van der Waals surface area contributed by atoms with Crippen LogP contribution in [0.2, 0.25) is 0 Å². The lowest BCUT2D eigenvalue weighted by Gasteiger charge is -2.35. The van der Waals surface area contributed by atoms with Crippen LogP contribution in [0.5, 0.6) is 0 Å². The summed E-state index contributed by atoms with van der Waals surface area (Å²) in [5, 5.41) is 18.3. The number of aliphatic carboxylic acids is 1. The van der Waals surface area contributed by atoms with E-state index in [-0.39, 0.29) is 18.6 Å². The van der Waals surface area contributed by atoms with Crippen molar-refractivity contribution >= 4 is 5.97 Å². The van der Waals surface area contributed by atoms with E-state index in [1.54, 1.807) is 0 Å². The summed E-state index contributed by atoms with van der Waals surface area (Å²) in [6, 6.07) is 0. The molecule has 2 atom stereocenters. The van der Waals surface area contributed by atoms with E-state index in [1.807, 2.05) is 4.90 Å². The molecule has 1 aliphatic heterocycles. The SMILES string of the molecule is CCC[C@H]1CN(CC(=O)O)CC[C@@H]1O. The van der Waals surface area contributed by atoms with Gasteiger partial charge < -0.3 is 10.2 Å². The number of carboxylic acids is 1. The van der Waals surface area contributed by atoms with Crippen LogP contribution in [-0.4, -0.2) is 46.8 Å². The molecule has 4 heteroatoms. The highest BCUT2D eigenvalue weighted by Crippen LogP contribution is 2.21. The fraction of sp³-hybridized carbons (Fsp3) is 0.900. The van der Waals surface area contributed by atoms with Gasteiger partial charge in [0.15, 0.2) is 0 Å². The van der Waals surface area contributed by atoms with Crippen molar-refractivity contribution in [1.29, 1.82) is 0 Å². The van der Waals surface area contributed by atoms with Crippen molar-refractivity contribution in [3.63, 3.8) is 0 Å². The molecule has 0 aliphatic carbocycles. The number of carbonyl (C=O) groups is 1. The van der Waals surface area contributed by atoms with Gasteiger partial charge in [0.2, 0.25) is 0 Å². The summed E-state index contributed by atoms with van der Waals surface area (Å²) in [7, 11) is 0. The molecule has 4 nitrogen and oxygen atoms in total. The van der Waals surface area contributed by atoms with Gasteiger partial charge in [-0.2, -0.15) is 0 Å². The average molecular weight is 201 g/mol. The minimum atomic E-state index is -0.781. The molecule has 14 heavy (non-hydrogen) atoms. The predicted octanol–water partition coefficient (Wildman–Crippen LogP) is 0.554. The van der Waals surface area contributed by atoms with Gasteiger partial charge in [-0.25, -0.2) is 0 Å². The Hall–Kier alpha value is -0.610. The summed E-state index contributed by atoms with van der Waals surface area (Å²) < 4.78 is 0. The number of nitrogens with zero attached hydrogens (tertiary/aromatic N) is 1. The Morgan fingerprint density at radius 3 is 2.86 bits per heavy atom. The summed E-state index contributed by atoms with van der Waals surface area (Å²) in [6.07, 6.45) is 2.50. The lowest BCUT2D eigenvalue weighted by Crippen LogP contribution is -2.45. The highest BCUT2D eigenvalue weighted by Gasteiger charge is 2.27. The number of aliphatic hydroxyl groups excluding tert-OH is 1. The van der Waals surface area contributed by atoms with E-state index in [9.17, 15) is 9.90 Å². The van der Waals surface area contributed by atoms with E-state index in [4.69, 9.17) is 5.11 Å². The molecule has 1 fully saturated rings. The van der Waals surface area contributed by atoms with Gasteiger partial charge in [0, 0.05) is 13.1 Å². The Kier molecular flexibility index (Phi) is 4.35. The Morgan fingerprint density at radius 1 is 1.57 bits per heavy atom. The summed E-state index contributed by atoms with van der Waals surface area (Å²) >= 11 is 0. The van der Waals surface area contributed by atoms with Gasteiger partial charge in [0.1, 0.15) is 0 Å². The van der Waals surface area contributed by atoms with Gasteiger partial charge in [0.25, 0.3) is 0 Å². The standard InChI is InChI=1S/C10H19NO3/c1-2-3-8-6-11(7-10(13)14)5-4-9(8)12/h8-9,12H,2-7H2,1H3,(H,13,14)/t8-,9-/m0/s1. The molecular formula is C10H19NO3. The lowest BCUT2D eigenvalue weighted by atomic mass is 9.91. The van der Waals surface area contributed by atoms with Gasteiger partial charge in [-0.05, 0) is 18.8 Å². The zero-order valence-corrected chi connectivity index (χ0v) is 8.65. The molecule has 0 aromatic carbocycles. The first kappa shape index (κ1) is 11.5. The summed E-state index contributed by atoms with van der Waals surface area (Å²) in [5.74, 6) is -0.523. The number of piperidine rings is 1. The van der Waals surface area contributed by atoms with E-state index in [2.05, 4.69) is 6.92 Å². The largest absolute Gasteiger partial charge is 0.480 e. The quantitative estimate of drug-likeness (QED) is 0.697. The van der Waals surface area contributed by atoms with Crippen molar-refractivity contribution in [1.82, 2.24) is 4.90 Å². The van der Waals surface area contributed by atoms with Crippen LogP contribution >= 0.6 is 0 Å². The first-order chi connectivity index (χ1) is 6.63. The van der Waals surface area contributed by atoms with Crippen molar-refractivity contribution < 1.29 is 15.0 Å². The molecule has 0 spiro atoms. The third-order valence-corrected chi connectivity index (χ3v) is 2.80. The van der Waals surface area contributed by atoms with Crippen LogP contribution in [0.15, 0.2) is 0 Å². The van der Waals surface area contributed by atoms with Crippen LogP contribution < -0.4 is 0 Å². The predicted molar refractivity (Wildman–Crippen MR) is 53.1 cm³/mol. The van der Waals surface area contributed by atoms with Crippen molar-refractivity contribution in [3.8, 4) is 0 Å². The minimum absolute atomic E-state index is 0.104. The highest BCUT2D eigenvalue weighted by atomic mass is 16.4. The second-order valence-electron chi connectivity index (χ2n) is 4.03. The molecule has 0 bridgehead atoms. The van der Waals surface area contributed by atoms with E-state index in [0.29, 0.717) is 13.0 Å². The van der Waals surface area contributed by atoms with Crippen molar-refractivity contribution in [2.24, 2.45) is 5.92 Å². The molecule has 82 valence electrons. The van der Waals surface area contributed by atoms with Gasteiger partial charge in [-0.1, -0.05) is 13.3 Å². The van der Waals surface area contributed by atoms with Crippen LogP contribution in [0.25, 0.3) is 0 Å². The Labute approximate surface area is 84.5 Å². The molecule has 1 heterocycles. The smallest absolute Gasteiger partial charge is 0.317 e. The van der Waals surface area contributed by atoms with E-state index in [0.717, 1.165) is 19.4 Å². The molecule has 1 rings (SSSR count). The zero-order valence-electron chi connectivity index (χ0n) is 8.65. The summed E-state index contributed by atoms with van der Waals surface area (Å²) in [4.78, 5) is 12.4. The number of rotatable bonds is 4. The number of likely N-dealkylation sites (tertiary alicyclic amines) is 1. The third kappa shape index (κ3) is 3.27. The molecule has 2 N–H and O–H groups in total. The van der Waals surface area contributed by atoms with E-state index in [1.165, 1.54) is 0 Å². The molecule has 1 aliphatic rings. The number of hydrogen-bond acceptors (Lipinski definition) is 3. The highest BCUT2D eigenvalue weighted by molar-refractivity contribution is 5.69. The minimum Gasteiger partial charge on any atom is -0.480 e. The van der Waals surface area contributed by atoms with Gasteiger partial charge in [0.05, 0.1) is 12.6 Å². The Morgan fingerprint density at radius 2 is 2.29 bits per heavy atom. The maximum Gasteiger partial charge on any atom is 0.317 e. The van der Waals surface area contributed by atoms with Crippen LogP contribution in [-0.2, 0) is 4.79 Å². The molecule has 0 aromatic heterocycles. The second-order valence-corrected chi connectivity index (χ2v) is 4.03. The normalized spacial score (nSPS) is 29.0. The third-order valence-electron chi connectivity index (χ3n) is 2.80. The van der Waals surface area contributed by atoms with E-state index < -0.39 is 5.97 Å². The second kappa shape index (κ2) is 5.32. The molecule has 1 saturated heterocycles. The number of carboxylic acid groups (broad SMARTS) is 1. The van der Waals surface area contributed by atoms with Crippen molar-refractivity contribution in [2.45, 2.75) is 32.3 Å². The summed E-state index contributed by atoms with van der Waals surface area (Å²) in [5.41, 5.74) is 0. The van der Waals surface area contributed by atoms with Gasteiger partial charge in [-0.15, -0.1) is 0 Å². The Balaban J connectivity index is 2.40. The number of aliphatic hydroxyl groups is 1.